The first-order valence-electron chi connectivity index (χ1n) is 6.25. The second-order valence-electron chi connectivity index (χ2n) is 4.22. The molecule has 1 N–H and O–H groups in total. The lowest BCUT2D eigenvalue weighted by atomic mass is 10.3. The first-order chi connectivity index (χ1) is 9.99. The summed E-state index contributed by atoms with van der Waals surface area (Å²) in [6.45, 7) is -0.594. The lowest BCUT2D eigenvalue weighted by Gasteiger charge is -2.14. The third kappa shape index (κ3) is 4.35. The highest BCUT2D eigenvalue weighted by Gasteiger charge is 2.15. The molecule has 3 nitrogen and oxygen atoms in total. The Hall–Kier alpha value is -1.27. The Bertz CT molecular complexity index is 619. The van der Waals surface area contributed by atoms with Crippen molar-refractivity contribution in [1.82, 2.24) is 0 Å². The number of rotatable bonds is 6. The van der Waals surface area contributed by atoms with E-state index in [4.69, 9.17) is 16.0 Å². The predicted molar refractivity (Wildman–Crippen MR) is 81.2 cm³/mol. The lowest BCUT2D eigenvalue weighted by molar-refractivity contribution is -0.0498. The number of halogens is 4. The Labute approximate surface area is 134 Å². The van der Waals surface area contributed by atoms with Crippen LogP contribution in [-0.2, 0) is 13.0 Å². The van der Waals surface area contributed by atoms with E-state index in [1.165, 1.54) is 12.1 Å². The van der Waals surface area contributed by atoms with Crippen LogP contribution >= 0.6 is 27.5 Å². The molecule has 2 aromatic rings. The van der Waals surface area contributed by atoms with E-state index in [9.17, 15) is 8.78 Å². The van der Waals surface area contributed by atoms with Gasteiger partial charge in [0.15, 0.2) is 5.75 Å². The zero-order valence-electron chi connectivity index (χ0n) is 11.1. The van der Waals surface area contributed by atoms with Crippen molar-refractivity contribution in [3.05, 3.63) is 45.3 Å². The molecule has 1 aromatic heterocycles. The van der Waals surface area contributed by atoms with Crippen molar-refractivity contribution in [3.63, 3.8) is 0 Å². The van der Waals surface area contributed by atoms with Gasteiger partial charge in [-0.05, 0) is 40.2 Å². The van der Waals surface area contributed by atoms with Crippen LogP contribution in [0.4, 0.5) is 14.5 Å². The number of benzene rings is 1. The van der Waals surface area contributed by atoms with Crippen LogP contribution in [0.15, 0.2) is 33.2 Å². The predicted octanol–water partition coefficient (Wildman–Crippen LogP) is 5.47. The van der Waals surface area contributed by atoms with E-state index < -0.39 is 6.61 Å². The maximum Gasteiger partial charge on any atom is 0.387 e. The standard InChI is InChI=1S/C14H13BrClF2NO2/c1-2-9-3-4-10(20-9)7-19-12-6-8(16)5-11(15)13(12)21-14(17)18/h3-6,14,19H,2,7H2,1H3. The van der Waals surface area contributed by atoms with Crippen molar-refractivity contribution in [1.29, 1.82) is 0 Å². The molecule has 7 heteroatoms. The largest absolute Gasteiger partial charge is 0.464 e. The molecule has 0 atom stereocenters. The Morgan fingerprint density at radius 2 is 2.05 bits per heavy atom. The molecule has 0 saturated carbocycles. The smallest absolute Gasteiger partial charge is 0.387 e. The number of nitrogens with one attached hydrogen (secondary N) is 1. The van der Waals surface area contributed by atoms with Crippen LogP contribution in [0.2, 0.25) is 5.02 Å². The summed E-state index contributed by atoms with van der Waals surface area (Å²) in [6.07, 6.45) is 0.794. The van der Waals surface area contributed by atoms with Gasteiger partial charge in [0.2, 0.25) is 0 Å². The van der Waals surface area contributed by atoms with Crippen molar-refractivity contribution in [3.8, 4) is 5.75 Å². The molecule has 0 aliphatic carbocycles. The summed E-state index contributed by atoms with van der Waals surface area (Å²) in [6, 6.07) is 6.72. The van der Waals surface area contributed by atoms with Gasteiger partial charge < -0.3 is 14.5 Å². The van der Waals surface area contributed by atoms with Gasteiger partial charge in [0.1, 0.15) is 11.5 Å². The van der Waals surface area contributed by atoms with E-state index in [2.05, 4.69) is 26.0 Å². The summed E-state index contributed by atoms with van der Waals surface area (Å²) in [5.41, 5.74) is 0.365. The van der Waals surface area contributed by atoms with E-state index in [1.54, 1.807) is 0 Å². The van der Waals surface area contributed by atoms with Gasteiger partial charge in [-0.2, -0.15) is 8.78 Å². The van der Waals surface area contributed by atoms with Crippen LogP contribution in [0.3, 0.4) is 0 Å². The van der Waals surface area contributed by atoms with Crippen LogP contribution in [-0.4, -0.2) is 6.61 Å². The van der Waals surface area contributed by atoms with Crippen molar-refractivity contribution in [2.24, 2.45) is 0 Å². The number of furan rings is 1. The zero-order chi connectivity index (χ0) is 15.4. The van der Waals surface area contributed by atoms with Crippen molar-refractivity contribution in [2.45, 2.75) is 26.5 Å². The Balaban J connectivity index is 2.17. The van der Waals surface area contributed by atoms with Crippen LogP contribution < -0.4 is 10.1 Å². The first kappa shape index (κ1) is 16.1. The van der Waals surface area contributed by atoms with E-state index in [-0.39, 0.29) is 5.75 Å². The van der Waals surface area contributed by atoms with Crippen LogP contribution in [0.1, 0.15) is 18.4 Å². The van der Waals surface area contributed by atoms with Gasteiger partial charge in [0.05, 0.1) is 16.7 Å². The van der Waals surface area contributed by atoms with Gasteiger partial charge in [-0.25, -0.2) is 0 Å². The maximum absolute atomic E-state index is 12.5. The highest BCUT2D eigenvalue weighted by atomic mass is 79.9. The number of hydrogen-bond donors (Lipinski definition) is 1. The maximum atomic E-state index is 12.5. The first-order valence-corrected chi connectivity index (χ1v) is 7.42. The highest BCUT2D eigenvalue weighted by molar-refractivity contribution is 9.10. The molecule has 2 rings (SSSR count). The second kappa shape index (κ2) is 7.13. The Morgan fingerprint density at radius 3 is 2.67 bits per heavy atom. The minimum Gasteiger partial charge on any atom is -0.464 e. The molecule has 0 fully saturated rings. The normalized spacial score (nSPS) is 11.0. The summed E-state index contributed by atoms with van der Waals surface area (Å²) in [5.74, 6) is 1.57. The van der Waals surface area contributed by atoms with Gasteiger partial charge in [-0.1, -0.05) is 18.5 Å². The molecular weight excluding hydrogens is 368 g/mol. The molecule has 0 amide bonds. The molecule has 1 heterocycles. The molecule has 21 heavy (non-hydrogen) atoms. The van der Waals surface area contributed by atoms with E-state index in [0.29, 0.717) is 27.5 Å². The van der Waals surface area contributed by atoms with Gasteiger partial charge >= 0.3 is 6.61 Å². The molecule has 0 aliphatic heterocycles. The molecular formula is C14H13BrClF2NO2. The number of aryl methyl sites for hydroxylation is 1. The van der Waals surface area contributed by atoms with Gasteiger partial charge in [0.25, 0.3) is 0 Å². The van der Waals surface area contributed by atoms with Crippen molar-refractivity contribution >= 4 is 33.2 Å². The monoisotopic (exact) mass is 379 g/mol. The summed E-state index contributed by atoms with van der Waals surface area (Å²) >= 11 is 9.09. The highest BCUT2D eigenvalue weighted by Crippen LogP contribution is 2.37. The summed E-state index contributed by atoms with van der Waals surface area (Å²) in [5, 5.41) is 3.39. The minimum atomic E-state index is -2.92. The Kier molecular flexibility index (Phi) is 5.47. The number of anilines is 1. The second-order valence-corrected chi connectivity index (χ2v) is 5.51. The third-order valence-corrected chi connectivity index (χ3v) is 3.54. The molecule has 1 aromatic carbocycles. The molecule has 0 spiro atoms. The molecule has 0 saturated heterocycles. The molecule has 0 bridgehead atoms. The fourth-order valence-electron chi connectivity index (χ4n) is 1.79. The quantitative estimate of drug-likeness (QED) is 0.721. The molecule has 0 aliphatic rings. The van der Waals surface area contributed by atoms with Crippen molar-refractivity contribution < 1.29 is 17.9 Å². The number of hydrogen-bond acceptors (Lipinski definition) is 3. The summed E-state index contributed by atoms with van der Waals surface area (Å²) in [7, 11) is 0. The number of ether oxygens (including phenoxy) is 1. The lowest BCUT2D eigenvalue weighted by Crippen LogP contribution is -2.07. The zero-order valence-corrected chi connectivity index (χ0v) is 13.5. The number of alkyl halides is 2. The topological polar surface area (TPSA) is 34.4 Å². The van der Waals surface area contributed by atoms with Crippen LogP contribution in [0.5, 0.6) is 5.75 Å². The van der Waals surface area contributed by atoms with E-state index in [1.807, 2.05) is 19.1 Å². The molecule has 0 radical (unpaired) electrons. The van der Waals surface area contributed by atoms with Gasteiger partial charge in [-0.15, -0.1) is 0 Å². The average Bonchev–Trinajstić information content (AvgIpc) is 2.87. The fourth-order valence-corrected chi connectivity index (χ4v) is 2.69. The fraction of sp³-hybridized carbons (Fsp3) is 0.286. The van der Waals surface area contributed by atoms with Gasteiger partial charge in [0, 0.05) is 11.4 Å². The average molecular weight is 381 g/mol. The summed E-state index contributed by atoms with van der Waals surface area (Å²) in [4.78, 5) is 0. The minimum absolute atomic E-state index is 0.0108. The summed E-state index contributed by atoms with van der Waals surface area (Å²) < 4.78 is 35.3. The van der Waals surface area contributed by atoms with E-state index >= 15 is 0 Å². The molecule has 0 unspecified atom stereocenters. The van der Waals surface area contributed by atoms with E-state index in [0.717, 1.165) is 12.2 Å². The van der Waals surface area contributed by atoms with Gasteiger partial charge in [-0.3, -0.25) is 0 Å². The van der Waals surface area contributed by atoms with Crippen molar-refractivity contribution in [2.75, 3.05) is 5.32 Å². The van der Waals surface area contributed by atoms with Crippen LogP contribution in [0.25, 0.3) is 0 Å². The van der Waals surface area contributed by atoms with Crippen LogP contribution in [0, 0.1) is 0 Å². The third-order valence-electron chi connectivity index (χ3n) is 2.73. The SMILES string of the molecule is CCc1ccc(CNc2cc(Cl)cc(Br)c2OC(F)F)o1. The Morgan fingerprint density at radius 1 is 1.33 bits per heavy atom. The molecule has 114 valence electrons.